The summed E-state index contributed by atoms with van der Waals surface area (Å²) in [4.78, 5) is 30.7. The maximum atomic E-state index is 12.4. The normalized spacial score (nSPS) is 18.5. The second kappa shape index (κ2) is 10.2. The Kier molecular flexibility index (Phi) is 8.21. The molecule has 0 fully saturated rings. The Bertz CT molecular complexity index is 754. The summed E-state index contributed by atoms with van der Waals surface area (Å²) in [5.41, 5.74) is -0.163. The lowest BCUT2D eigenvalue weighted by atomic mass is 10.1. The van der Waals surface area contributed by atoms with Crippen LogP contribution in [0.15, 0.2) is 23.2 Å². The molecule has 2 rings (SSSR count). The van der Waals surface area contributed by atoms with Crippen molar-refractivity contribution in [3.8, 4) is 11.5 Å². The Balaban J connectivity index is 2.41. The topological polar surface area (TPSA) is 77.4 Å². The van der Waals surface area contributed by atoms with E-state index in [0.29, 0.717) is 46.8 Å². The van der Waals surface area contributed by atoms with Crippen LogP contribution in [-0.4, -0.2) is 72.6 Å². The molecular weight excluding hydrogens is 400 g/mol. The van der Waals surface area contributed by atoms with E-state index in [9.17, 15) is 9.59 Å². The maximum Gasteiger partial charge on any atom is 0.414 e. The van der Waals surface area contributed by atoms with Crippen LogP contribution in [0.1, 0.15) is 19.4 Å². The highest BCUT2D eigenvalue weighted by Crippen LogP contribution is 2.40. The third-order valence-corrected chi connectivity index (χ3v) is 6.14. The Hall–Kier alpha value is -1.71. The van der Waals surface area contributed by atoms with Gasteiger partial charge in [-0.05, 0) is 24.8 Å². The average molecular weight is 427 g/mol. The van der Waals surface area contributed by atoms with Gasteiger partial charge in [0.2, 0.25) is 5.12 Å². The van der Waals surface area contributed by atoms with Crippen LogP contribution in [0, 0.1) is 0 Å². The van der Waals surface area contributed by atoms with Crippen LogP contribution < -0.4 is 9.47 Å². The number of hydrogen-bond acceptors (Lipinski definition) is 8. The molecule has 0 bridgehead atoms. The number of rotatable bonds is 8. The van der Waals surface area contributed by atoms with Crippen LogP contribution in [-0.2, 0) is 9.53 Å². The smallest absolute Gasteiger partial charge is 0.414 e. The first-order valence-electron chi connectivity index (χ1n) is 8.86. The summed E-state index contributed by atoms with van der Waals surface area (Å²) in [6, 6.07) is 5.36. The monoisotopic (exact) mass is 426 g/mol. The first-order chi connectivity index (χ1) is 13.3. The van der Waals surface area contributed by atoms with Gasteiger partial charge < -0.3 is 19.1 Å². The fraction of sp³-hybridized carbons (Fsp3) is 0.526. The van der Waals surface area contributed by atoms with Crippen molar-refractivity contribution in [3.05, 3.63) is 23.8 Å². The number of benzene rings is 1. The predicted molar refractivity (Wildman–Crippen MR) is 114 cm³/mol. The van der Waals surface area contributed by atoms with Crippen LogP contribution in [0.25, 0.3) is 0 Å². The average Bonchev–Trinajstić information content (AvgIpc) is 3.06. The summed E-state index contributed by atoms with van der Waals surface area (Å²) in [6.45, 7) is 4.50. The number of nitrogens with zero attached hydrogens (tertiary/aromatic N) is 2. The fourth-order valence-electron chi connectivity index (χ4n) is 2.34. The van der Waals surface area contributed by atoms with E-state index >= 15 is 0 Å². The molecule has 154 valence electrons. The van der Waals surface area contributed by atoms with Crippen LogP contribution in [0.3, 0.4) is 0 Å². The Morgan fingerprint density at radius 3 is 2.71 bits per heavy atom. The SMILES string of the molecule is CCSC(=O)[C@@]1(C)CSC(c2cccc(OCCOC)c2OC(=O)N(C)C)=N1. The van der Waals surface area contributed by atoms with Crippen molar-refractivity contribution in [3.63, 3.8) is 0 Å². The zero-order chi connectivity index (χ0) is 20.7. The molecule has 1 aliphatic rings. The molecule has 0 aromatic heterocycles. The lowest BCUT2D eigenvalue weighted by Crippen LogP contribution is -2.31. The minimum atomic E-state index is -0.795. The summed E-state index contributed by atoms with van der Waals surface area (Å²) < 4.78 is 16.4. The van der Waals surface area contributed by atoms with Gasteiger partial charge in [0.15, 0.2) is 11.5 Å². The van der Waals surface area contributed by atoms with E-state index in [1.807, 2.05) is 26.0 Å². The van der Waals surface area contributed by atoms with Crippen molar-refractivity contribution in [2.75, 3.05) is 45.9 Å². The quantitative estimate of drug-likeness (QED) is 0.590. The molecule has 1 aromatic rings. The molecule has 0 spiro atoms. The minimum absolute atomic E-state index is 0.0387. The Labute approximate surface area is 174 Å². The summed E-state index contributed by atoms with van der Waals surface area (Å²) in [6.07, 6.45) is -0.520. The molecule has 1 aliphatic heterocycles. The maximum absolute atomic E-state index is 12.4. The van der Waals surface area contributed by atoms with Crippen molar-refractivity contribution in [1.29, 1.82) is 0 Å². The summed E-state index contributed by atoms with van der Waals surface area (Å²) >= 11 is 2.74. The molecule has 9 heteroatoms. The van der Waals surface area contributed by atoms with Crippen molar-refractivity contribution >= 4 is 39.8 Å². The number of hydrogen-bond donors (Lipinski definition) is 0. The highest BCUT2D eigenvalue weighted by Gasteiger charge is 2.39. The number of thioether (sulfide) groups is 2. The van der Waals surface area contributed by atoms with Crippen molar-refractivity contribution in [1.82, 2.24) is 4.90 Å². The van der Waals surface area contributed by atoms with Crippen molar-refractivity contribution in [2.45, 2.75) is 19.4 Å². The molecule has 0 saturated heterocycles. The number of methoxy groups -OCH3 is 1. The highest BCUT2D eigenvalue weighted by molar-refractivity contribution is 8.16. The molecule has 0 unspecified atom stereocenters. The van der Waals surface area contributed by atoms with Gasteiger partial charge >= 0.3 is 6.09 Å². The van der Waals surface area contributed by atoms with E-state index in [2.05, 4.69) is 4.99 Å². The van der Waals surface area contributed by atoms with E-state index in [4.69, 9.17) is 14.2 Å². The lowest BCUT2D eigenvalue weighted by molar-refractivity contribution is -0.114. The number of ether oxygens (including phenoxy) is 3. The second-order valence-electron chi connectivity index (χ2n) is 6.44. The highest BCUT2D eigenvalue weighted by atomic mass is 32.2. The molecule has 1 atom stereocenters. The van der Waals surface area contributed by atoms with Crippen molar-refractivity contribution in [2.24, 2.45) is 4.99 Å². The molecule has 0 aliphatic carbocycles. The predicted octanol–water partition coefficient (Wildman–Crippen LogP) is 3.30. The minimum Gasteiger partial charge on any atom is -0.487 e. The number of amides is 1. The molecule has 7 nitrogen and oxygen atoms in total. The van der Waals surface area contributed by atoms with E-state index in [-0.39, 0.29) is 5.12 Å². The molecule has 1 amide bonds. The zero-order valence-electron chi connectivity index (χ0n) is 16.8. The second-order valence-corrected chi connectivity index (χ2v) is 8.64. The van der Waals surface area contributed by atoms with E-state index < -0.39 is 11.6 Å². The Morgan fingerprint density at radius 1 is 1.32 bits per heavy atom. The zero-order valence-corrected chi connectivity index (χ0v) is 18.4. The molecule has 0 saturated carbocycles. The number of para-hydroxylation sites is 1. The van der Waals surface area contributed by atoms with Crippen LogP contribution >= 0.6 is 23.5 Å². The summed E-state index contributed by atoms with van der Waals surface area (Å²) in [5, 5.41) is 0.697. The lowest BCUT2D eigenvalue weighted by Gasteiger charge is -2.18. The van der Waals surface area contributed by atoms with Gasteiger partial charge in [-0.3, -0.25) is 9.79 Å². The molecule has 28 heavy (non-hydrogen) atoms. The van der Waals surface area contributed by atoms with E-state index in [1.54, 1.807) is 27.3 Å². The number of carbonyl (C=O) groups excluding carboxylic acids is 2. The first kappa shape index (κ1) is 22.6. The number of carbonyl (C=O) groups is 2. The van der Waals surface area contributed by atoms with Crippen molar-refractivity contribution < 1.29 is 23.8 Å². The Morgan fingerprint density at radius 2 is 2.07 bits per heavy atom. The molecule has 1 heterocycles. The molecular formula is C19H26N2O5S2. The van der Waals surface area contributed by atoms with Gasteiger partial charge in [0.05, 0.1) is 12.2 Å². The van der Waals surface area contributed by atoms with Gasteiger partial charge in [0.1, 0.15) is 17.2 Å². The molecule has 0 radical (unpaired) electrons. The van der Waals surface area contributed by atoms with Gasteiger partial charge in [-0.1, -0.05) is 24.8 Å². The number of aliphatic imine (C=N–C) groups is 1. The molecule has 0 N–H and O–H groups in total. The third-order valence-electron chi connectivity index (χ3n) is 3.86. The van der Waals surface area contributed by atoms with Crippen LogP contribution in [0.5, 0.6) is 11.5 Å². The van der Waals surface area contributed by atoms with Gasteiger partial charge in [0, 0.05) is 27.0 Å². The molecule has 1 aromatic carbocycles. The first-order valence-corrected chi connectivity index (χ1v) is 10.8. The van der Waals surface area contributed by atoms with Gasteiger partial charge in [0.25, 0.3) is 0 Å². The fourth-order valence-corrected chi connectivity index (χ4v) is 4.32. The van der Waals surface area contributed by atoms with Gasteiger partial charge in [-0.15, -0.1) is 11.8 Å². The summed E-state index contributed by atoms with van der Waals surface area (Å²) in [5.74, 6) is 1.97. The van der Waals surface area contributed by atoms with Gasteiger partial charge in [-0.2, -0.15) is 0 Å². The largest absolute Gasteiger partial charge is 0.487 e. The van der Waals surface area contributed by atoms with Crippen LogP contribution in [0.4, 0.5) is 4.79 Å². The van der Waals surface area contributed by atoms with Gasteiger partial charge in [-0.25, -0.2) is 4.79 Å². The standard InChI is InChI=1S/C19H26N2O5S2/c1-6-27-17(22)19(2)12-28-16(20-19)13-8-7-9-14(25-11-10-24-5)15(13)26-18(23)21(3)4/h7-9H,6,10-12H2,1-5H3/t19-/m1/s1. The van der Waals surface area contributed by atoms with E-state index in [0.717, 1.165) is 0 Å². The summed E-state index contributed by atoms with van der Waals surface area (Å²) in [7, 11) is 4.80. The van der Waals surface area contributed by atoms with E-state index in [1.165, 1.54) is 28.4 Å². The van der Waals surface area contributed by atoms with Crippen LogP contribution in [0.2, 0.25) is 0 Å². The third kappa shape index (κ3) is 5.42.